The van der Waals surface area contributed by atoms with Gasteiger partial charge in [0.2, 0.25) is 0 Å². The van der Waals surface area contributed by atoms with Crippen LogP contribution in [-0.2, 0) is 12.5 Å². The highest BCUT2D eigenvalue weighted by atomic mass is 32.1. The van der Waals surface area contributed by atoms with Crippen LogP contribution in [0.15, 0.2) is 0 Å². The van der Waals surface area contributed by atoms with Gasteiger partial charge < -0.3 is 5.11 Å². The van der Waals surface area contributed by atoms with Gasteiger partial charge >= 0.3 is 0 Å². The third-order valence-electron chi connectivity index (χ3n) is 0.512. The summed E-state index contributed by atoms with van der Waals surface area (Å²) in [6.07, 6.45) is 2.04. The van der Waals surface area contributed by atoms with Crippen LogP contribution >= 0.6 is 0 Å². The van der Waals surface area contributed by atoms with Gasteiger partial charge in [0, 0.05) is 6.61 Å². The zero-order chi connectivity index (χ0) is 6.12. The zero-order valence-corrected chi connectivity index (χ0v) is 5.20. The highest BCUT2D eigenvalue weighted by Crippen LogP contribution is 1.78. The van der Waals surface area contributed by atoms with Gasteiger partial charge in [-0.25, -0.2) is 0 Å². The van der Waals surface area contributed by atoms with E-state index in [0.29, 0.717) is 6.61 Å². The van der Waals surface area contributed by atoms with Crippen molar-refractivity contribution in [2.75, 3.05) is 6.61 Å². The Morgan fingerprint density at radius 1 is 1.57 bits per heavy atom. The number of aliphatic hydroxyl groups excluding tert-OH is 1. The van der Waals surface area contributed by atoms with Gasteiger partial charge in [0.1, 0.15) is 0 Å². The second-order valence-corrected chi connectivity index (χ2v) is 1.08. The van der Waals surface area contributed by atoms with Crippen LogP contribution in [-0.4, -0.2) is 15.9 Å². The molecule has 0 rings (SSSR count). The van der Waals surface area contributed by atoms with Crippen molar-refractivity contribution in [3.05, 3.63) is 0 Å². The van der Waals surface area contributed by atoms with E-state index in [9.17, 15) is 0 Å². The maximum atomic E-state index is 8.07. The van der Waals surface area contributed by atoms with Gasteiger partial charge in [-0.1, -0.05) is 13.3 Å². The Bertz CT molecular complexity index is 23.7. The van der Waals surface area contributed by atoms with Crippen LogP contribution in [0.2, 0.25) is 0 Å². The van der Waals surface area contributed by atoms with Gasteiger partial charge in [0.15, 0.2) is 12.5 Å². The topological polar surface area (TPSA) is 37.3 Å². The summed E-state index contributed by atoms with van der Waals surface area (Å²) in [4.78, 5) is 0. The van der Waals surface area contributed by atoms with E-state index in [-0.39, 0.29) is 0 Å². The largest absolute Gasteiger partial charge is 0.396 e. The van der Waals surface area contributed by atoms with Crippen molar-refractivity contribution >= 4 is 12.5 Å². The Labute approximate surface area is 49.1 Å². The second-order valence-electron chi connectivity index (χ2n) is 1.08. The summed E-state index contributed by atoms with van der Waals surface area (Å²) < 4.78 is 7.83. The van der Waals surface area contributed by atoms with Crippen LogP contribution in [0.5, 0.6) is 0 Å². The Morgan fingerprint density at radius 3 is 2.00 bits per heavy atom. The quantitative estimate of drug-likeness (QED) is 0.577. The summed E-state index contributed by atoms with van der Waals surface area (Å²) in [5, 5.41) is 8.07. The average molecular weight is 122 g/mol. The van der Waals surface area contributed by atoms with E-state index in [1.165, 1.54) is 0 Å². The van der Waals surface area contributed by atoms with Crippen molar-refractivity contribution in [2.45, 2.75) is 19.8 Å². The zero-order valence-electron chi connectivity index (χ0n) is 4.39. The van der Waals surface area contributed by atoms with Gasteiger partial charge in [-0.15, -0.1) is 0 Å². The first-order valence-electron chi connectivity index (χ1n) is 2.19. The van der Waals surface area contributed by atoms with Crippen molar-refractivity contribution in [2.24, 2.45) is 0 Å². The molecule has 0 bridgehead atoms. The fourth-order valence-electron chi connectivity index (χ4n) is 0.158. The minimum absolute atomic E-state index is 0.344. The number of rotatable bonds is 2. The maximum absolute atomic E-state index is 8.07. The van der Waals surface area contributed by atoms with Crippen LogP contribution < -0.4 is 0 Å². The van der Waals surface area contributed by atoms with E-state index in [2.05, 4.69) is 19.5 Å². The van der Waals surface area contributed by atoms with Gasteiger partial charge in [0.25, 0.3) is 0 Å². The molecule has 0 aromatic carbocycles. The summed E-state index contributed by atoms with van der Waals surface area (Å²) in [7, 11) is 0. The van der Waals surface area contributed by atoms with Crippen LogP contribution in [0.4, 0.5) is 0 Å². The van der Waals surface area contributed by atoms with E-state index in [4.69, 9.17) is 9.32 Å². The van der Waals surface area contributed by atoms with Gasteiger partial charge in [-0.3, -0.25) is 0 Å². The molecule has 0 saturated heterocycles. The highest BCUT2D eigenvalue weighted by molar-refractivity contribution is 7.44. The predicted octanol–water partition coefficient (Wildman–Crippen LogP) is 0.442. The third-order valence-corrected chi connectivity index (χ3v) is 0.512. The molecule has 0 unspecified atom stereocenters. The SMILES string of the molecule is CCCCO.O=S. The molecule has 0 aliphatic rings. The first-order valence-corrected chi connectivity index (χ1v) is 2.52. The van der Waals surface area contributed by atoms with Crippen molar-refractivity contribution < 1.29 is 9.32 Å². The van der Waals surface area contributed by atoms with E-state index >= 15 is 0 Å². The normalized spacial score (nSPS) is 6.57. The minimum atomic E-state index is 0.344. The molecular weight excluding hydrogens is 112 g/mol. The lowest BCUT2D eigenvalue weighted by atomic mass is 10.4. The summed E-state index contributed by atoms with van der Waals surface area (Å²) in [6.45, 7) is 2.40. The Kier molecular flexibility index (Phi) is 24.0. The molecule has 0 aliphatic carbocycles. The molecule has 0 saturated carbocycles. The fraction of sp³-hybridized carbons (Fsp3) is 1.00. The third kappa shape index (κ3) is 24.2. The van der Waals surface area contributed by atoms with Crippen molar-refractivity contribution in [3.8, 4) is 0 Å². The molecule has 0 fully saturated rings. The summed E-state index contributed by atoms with van der Waals surface area (Å²) in [6, 6.07) is 0. The monoisotopic (exact) mass is 122 g/mol. The first-order chi connectivity index (χ1) is 3.41. The van der Waals surface area contributed by atoms with E-state index in [1.54, 1.807) is 0 Å². The Hall–Kier alpha value is -0.0200. The van der Waals surface area contributed by atoms with Crippen LogP contribution in [0.1, 0.15) is 19.8 Å². The predicted molar refractivity (Wildman–Crippen MR) is 30.1 cm³/mol. The molecule has 1 N–H and O–H groups in total. The van der Waals surface area contributed by atoms with Gasteiger partial charge in [0.05, 0.1) is 0 Å². The van der Waals surface area contributed by atoms with Crippen molar-refractivity contribution in [1.82, 2.24) is 0 Å². The molecule has 7 heavy (non-hydrogen) atoms. The van der Waals surface area contributed by atoms with E-state index in [1.807, 2.05) is 0 Å². The van der Waals surface area contributed by atoms with Crippen molar-refractivity contribution in [3.63, 3.8) is 0 Å². The minimum Gasteiger partial charge on any atom is -0.396 e. The molecule has 2 nitrogen and oxygen atoms in total. The maximum Gasteiger partial charge on any atom is 0.197 e. The molecule has 0 aliphatic heterocycles. The summed E-state index contributed by atoms with van der Waals surface area (Å²) in [5.41, 5.74) is 0. The molecule has 0 amide bonds. The standard InChI is InChI=1S/C4H10O.OS/c1-2-3-4-5;1-2/h5H,2-4H2,1H3;. The van der Waals surface area contributed by atoms with Crippen molar-refractivity contribution in [1.29, 1.82) is 0 Å². The molecule has 0 radical (unpaired) electrons. The number of hydrogen-bond donors (Lipinski definition) is 1. The summed E-state index contributed by atoms with van der Waals surface area (Å²) >= 11 is 2.83. The Balaban J connectivity index is 0. The lowest BCUT2D eigenvalue weighted by Crippen LogP contribution is -1.75. The number of aliphatic hydroxyl groups is 1. The molecule has 0 heterocycles. The molecule has 0 spiro atoms. The van der Waals surface area contributed by atoms with E-state index in [0.717, 1.165) is 12.8 Å². The molecule has 0 aromatic heterocycles. The molecule has 0 atom stereocenters. The lowest BCUT2D eigenvalue weighted by molar-refractivity contribution is 0.287. The fourth-order valence-corrected chi connectivity index (χ4v) is 0.158. The molecular formula is C4H10O2S. The second kappa shape index (κ2) is 16.7. The first kappa shape index (κ1) is 10.1. The van der Waals surface area contributed by atoms with Crippen LogP contribution in [0, 0.1) is 0 Å². The van der Waals surface area contributed by atoms with Gasteiger partial charge in [-0.05, 0) is 6.42 Å². The lowest BCUT2D eigenvalue weighted by Gasteiger charge is -1.79. The summed E-state index contributed by atoms with van der Waals surface area (Å²) in [5.74, 6) is 0. The Morgan fingerprint density at radius 2 is 2.00 bits per heavy atom. The highest BCUT2D eigenvalue weighted by Gasteiger charge is 1.69. The number of hydrogen-bond acceptors (Lipinski definition) is 3. The van der Waals surface area contributed by atoms with E-state index < -0.39 is 0 Å². The molecule has 0 aromatic rings. The molecule has 44 valence electrons. The van der Waals surface area contributed by atoms with Crippen LogP contribution in [0.3, 0.4) is 0 Å². The molecule has 3 heteroatoms. The number of unbranched alkanes of at least 4 members (excludes halogenated alkanes) is 1. The average Bonchev–Trinajstić information content (AvgIpc) is 1.75. The van der Waals surface area contributed by atoms with Gasteiger partial charge in [-0.2, -0.15) is 4.21 Å². The van der Waals surface area contributed by atoms with Crippen LogP contribution in [0.25, 0.3) is 0 Å². The smallest absolute Gasteiger partial charge is 0.197 e.